The third kappa shape index (κ3) is 0.672. The Bertz CT molecular complexity index is 355. The van der Waals surface area contributed by atoms with Gasteiger partial charge in [-0.3, -0.25) is 0 Å². The molecule has 50 valence electrons. The molecule has 0 aliphatic rings. The molecular formula is C5H4N4S. The third-order valence-corrected chi connectivity index (χ3v) is 1.50. The Morgan fingerprint density at radius 2 is 2.30 bits per heavy atom. The molecule has 0 saturated heterocycles. The predicted octanol–water partition coefficient (Wildman–Crippen LogP) is 0.413. The van der Waals surface area contributed by atoms with Crippen LogP contribution in [0.4, 0.5) is 0 Å². The summed E-state index contributed by atoms with van der Waals surface area (Å²) in [4.78, 5) is 7.81. The van der Waals surface area contributed by atoms with E-state index in [1.807, 2.05) is 0 Å². The quantitative estimate of drug-likeness (QED) is 0.439. The van der Waals surface area contributed by atoms with Crippen LogP contribution < -0.4 is 0 Å². The van der Waals surface area contributed by atoms with Gasteiger partial charge in [0.2, 0.25) is 0 Å². The number of aromatic nitrogens is 4. The van der Waals surface area contributed by atoms with Crippen molar-refractivity contribution < 1.29 is 0 Å². The van der Waals surface area contributed by atoms with Crippen LogP contribution in [-0.4, -0.2) is 19.6 Å². The Labute approximate surface area is 62.3 Å². The summed E-state index contributed by atoms with van der Waals surface area (Å²) < 4.78 is 1.56. The van der Waals surface area contributed by atoms with Crippen molar-refractivity contribution in [3.8, 4) is 0 Å². The van der Waals surface area contributed by atoms with Crippen LogP contribution in [0, 0.1) is 0 Å². The molecule has 2 rings (SSSR count). The lowest BCUT2D eigenvalue weighted by Crippen LogP contribution is -1.91. The van der Waals surface area contributed by atoms with Gasteiger partial charge in [-0.2, -0.15) is 14.6 Å². The minimum atomic E-state index is 0.576. The van der Waals surface area contributed by atoms with Crippen LogP contribution in [0.15, 0.2) is 23.6 Å². The van der Waals surface area contributed by atoms with Crippen molar-refractivity contribution in [2.45, 2.75) is 5.03 Å². The summed E-state index contributed by atoms with van der Waals surface area (Å²) in [7, 11) is 0. The minimum Gasteiger partial charge on any atom is -0.220 e. The lowest BCUT2D eigenvalue weighted by atomic mass is 10.7. The van der Waals surface area contributed by atoms with Gasteiger partial charge < -0.3 is 0 Å². The monoisotopic (exact) mass is 152 g/mol. The lowest BCUT2D eigenvalue weighted by Gasteiger charge is -1.91. The zero-order chi connectivity index (χ0) is 6.97. The van der Waals surface area contributed by atoms with Crippen molar-refractivity contribution in [1.82, 2.24) is 19.6 Å². The van der Waals surface area contributed by atoms with E-state index in [2.05, 4.69) is 27.7 Å². The second-order valence-corrected chi connectivity index (χ2v) is 2.23. The van der Waals surface area contributed by atoms with Gasteiger partial charge in [0.05, 0.1) is 0 Å². The van der Waals surface area contributed by atoms with Crippen LogP contribution >= 0.6 is 12.6 Å². The van der Waals surface area contributed by atoms with Crippen molar-refractivity contribution in [2.75, 3.05) is 0 Å². The van der Waals surface area contributed by atoms with E-state index in [0.717, 1.165) is 5.03 Å². The molecule has 0 aliphatic heterocycles. The molecule has 2 aromatic rings. The number of thiol groups is 1. The maximum Gasteiger partial charge on any atom is 0.253 e. The largest absolute Gasteiger partial charge is 0.253 e. The van der Waals surface area contributed by atoms with E-state index in [1.165, 1.54) is 6.33 Å². The molecule has 2 aromatic heterocycles. The van der Waals surface area contributed by atoms with Crippen LogP contribution in [0.5, 0.6) is 0 Å². The number of nitrogens with zero attached hydrogens (tertiary/aromatic N) is 4. The normalized spacial score (nSPS) is 10.5. The van der Waals surface area contributed by atoms with Gasteiger partial charge >= 0.3 is 0 Å². The minimum absolute atomic E-state index is 0.576. The molecule has 0 aromatic carbocycles. The first-order chi connectivity index (χ1) is 4.88. The van der Waals surface area contributed by atoms with Crippen molar-refractivity contribution in [1.29, 1.82) is 0 Å². The number of rotatable bonds is 0. The molecule has 0 radical (unpaired) electrons. The van der Waals surface area contributed by atoms with Crippen LogP contribution in [0.3, 0.4) is 0 Å². The van der Waals surface area contributed by atoms with Gasteiger partial charge in [-0.15, -0.1) is 12.6 Å². The third-order valence-electron chi connectivity index (χ3n) is 1.16. The van der Waals surface area contributed by atoms with Gasteiger partial charge in [-0.25, -0.2) is 4.98 Å². The summed E-state index contributed by atoms with van der Waals surface area (Å²) in [6.45, 7) is 0. The molecule has 0 N–H and O–H groups in total. The first kappa shape index (κ1) is 5.67. The van der Waals surface area contributed by atoms with Crippen molar-refractivity contribution in [2.24, 2.45) is 0 Å². The van der Waals surface area contributed by atoms with Crippen LogP contribution in [0.2, 0.25) is 0 Å². The molecule has 0 bridgehead atoms. The molecule has 2 heterocycles. The van der Waals surface area contributed by atoms with Gasteiger partial charge in [-0.05, 0) is 6.07 Å². The molecule has 0 saturated carbocycles. The van der Waals surface area contributed by atoms with E-state index in [4.69, 9.17) is 0 Å². The fourth-order valence-corrected chi connectivity index (χ4v) is 0.934. The molecule has 0 spiro atoms. The van der Waals surface area contributed by atoms with Crippen LogP contribution in [-0.2, 0) is 0 Å². The fourth-order valence-electron chi connectivity index (χ4n) is 0.726. The summed E-state index contributed by atoms with van der Waals surface area (Å²) in [5, 5.41) is 4.62. The Morgan fingerprint density at radius 1 is 1.40 bits per heavy atom. The Morgan fingerprint density at radius 3 is 3.10 bits per heavy atom. The fraction of sp³-hybridized carbons (Fsp3) is 0. The second kappa shape index (κ2) is 1.95. The average molecular weight is 152 g/mol. The Hall–Kier alpha value is -1.10. The zero-order valence-corrected chi connectivity index (χ0v) is 5.86. The summed E-state index contributed by atoms with van der Waals surface area (Å²) >= 11 is 4.14. The number of hydrogen-bond donors (Lipinski definition) is 1. The molecule has 0 atom stereocenters. The van der Waals surface area contributed by atoms with E-state index in [0.29, 0.717) is 5.78 Å². The molecule has 0 aliphatic carbocycles. The molecule has 5 heteroatoms. The highest BCUT2D eigenvalue weighted by Crippen LogP contribution is 2.03. The summed E-state index contributed by atoms with van der Waals surface area (Å²) in [5.41, 5.74) is 0. The standard InChI is InChI=1S/C5H4N4S/c10-4-1-2-6-5-7-3-8-9(4)5/h1-3,10H. The van der Waals surface area contributed by atoms with E-state index in [1.54, 1.807) is 16.8 Å². The first-order valence-corrected chi connectivity index (χ1v) is 3.16. The van der Waals surface area contributed by atoms with Gasteiger partial charge in [-0.1, -0.05) is 0 Å². The molecular weight excluding hydrogens is 148 g/mol. The van der Waals surface area contributed by atoms with Crippen molar-refractivity contribution in [3.63, 3.8) is 0 Å². The van der Waals surface area contributed by atoms with Crippen LogP contribution in [0.1, 0.15) is 0 Å². The maximum atomic E-state index is 4.14. The van der Waals surface area contributed by atoms with Gasteiger partial charge in [0.1, 0.15) is 11.4 Å². The van der Waals surface area contributed by atoms with E-state index in [9.17, 15) is 0 Å². The maximum absolute atomic E-state index is 4.14. The van der Waals surface area contributed by atoms with Crippen molar-refractivity contribution >= 4 is 18.4 Å². The Balaban J connectivity index is 2.95. The number of hydrogen-bond acceptors (Lipinski definition) is 4. The predicted molar refractivity (Wildman–Crippen MR) is 38.0 cm³/mol. The SMILES string of the molecule is Sc1ccnc2ncnn12. The van der Waals surface area contributed by atoms with Crippen molar-refractivity contribution in [3.05, 3.63) is 18.6 Å². The van der Waals surface area contributed by atoms with Gasteiger partial charge in [0, 0.05) is 6.20 Å². The highest BCUT2D eigenvalue weighted by molar-refractivity contribution is 7.80. The average Bonchev–Trinajstić information content (AvgIpc) is 2.36. The summed E-state index contributed by atoms with van der Waals surface area (Å²) in [5.74, 6) is 0.576. The second-order valence-electron chi connectivity index (χ2n) is 1.77. The van der Waals surface area contributed by atoms with Crippen LogP contribution in [0.25, 0.3) is 5.78 Å². The molecule has 10 heavy (non-hydrogen) atoms. The summed E-state index contributed by atoms with van der Waals surface area (Å²) in [6, 6.07) is 1.75. The highest BCUT2D eigenvalue weighted by atomic mass is 32.1. The molecule has 4 nitrogen and oxygen atoms in total. The lowest BCUT2D eigenvalue weighted by molar-refractivity contribution is 0.846. The Kier molecular flexibility index (Phi) is 1.10. The van der Waals surface area contributed by atoms with Gasteiger partial charge in [0.25, 0.3) is 5.78 Å². The number of fused-ring (bicyclic) bond motifs is 1. The van der Waals surface area contributed by atoms with E-state index >= 15 is 0 Å². The van der Waals surface area contributed by atoms with E-state index < -0.39 is 0 Å². The molecule has 0 fully saturated rings. The summed E-state index contributed by atoms with van der Waals surface area (Å²) in [6.07, 6.45) is 3.09. The highest BCUT2D eigenvalue weighted by Gasteiger charge is 1.96. The topological polar surface area (TPSA) is 43.1 Å². The molecule has 0 unspecified atom stereocenters. The van der Waals surface area contributed by atoms with E-state index in [-0.39, 0.29) is 0 Å². The molecule has 0 amide bonds. The first-order valence-electron chi connectivity index (χ1n) is 2.71. The zero-order valence-electron chi connectivity index (χ0n) is 4.97. The smallest absolute Gasteiger partial charge is 0.220 e. The van der Waals surface area contributed by atoms with Gasteiger partial charge in [0.15, 0.2) is 0 Å².